The number of hydrogen-bond donors (Lipinski definition) is 1. The second kappa shape index (κ2) is 15.3. The number of benzene rings is 1. The number of pyridine rings is 1. The molecule has 7 rings (SSSR count). The lowest BCUT2D eigenvalue weighted by Crippen LogP contribution is -2.43. The van der Waals surface area contributed by atoms with E-state index in [1.807, 2.05) is 17.0 Å². The molecule has 0 radical (unpaired) electrons. The summed E-state index contributed by atoms with van der Waals surface area (Å²) in [7, 11) is 1.72. The Morgan fingerprint density at radius 2 is 1.67 bits per heavy atom. The largest absolute Gasteiger partial charge is 0.496 e. The van der Waals surface area contributed by atoms with Crippen LogP contribution in [0.5, 0.6) is 5.75 Å². The van der Waals surface area contributed by atoms with Crippen LogP contribution in [-0.2, 0) is 14.3 Å². The maximum atomic E-state index is 14.4. The van der Waals surface area contributed by atoms with E-state index < -0.39 is 0 Å². The molecule has 2 aromatic heterocycles. The van der Waals surface area contributed by atoms with E-state index in [0.29, 0.717) is 69.0 Å². The van der Waals surface area contributed by atoms with Crippen LogP contribution in [0, 0.1) is 18.8 Å². The van der Waals surface area contributed by atoms with Gasteiger partial charge in [0.2, 0.25) is 5.91 Å². The van der Waals surface area contributed by atoms with Crippen molar-refractivity contribution in [2.24, 2.45) is 11.8 Å². The van der Waals surface area contributed by atoms with Crippen molar-refractivity contribution >= 4 is 17.8 Å². The number of alkyl carbamates (subject to hydrolysis) is 1. The number of carbonyl (C=O) groups excluding carboxylic acids is 2. The second-order valence-corrected chi connectivity index (χ2v) is 14.6. The molecule has 1 N–H and O–H groups in total. The minimum Gasteiger partial charge on any atom is -0.496 e. The Balaban J connectivity index is 1.02. The molecule has 3 saturated carbocycles. The van der Waals surface area contributed by atoms with Crippen molar-refractivity contribution in [3.05, 3.63) is 59.8 Å². The average molecular weight is 671 g/mol. The number of carbonyl (C=O) groups is 2. The van der Waals surface area contributed by atoms with Gasteiger partial charge in [-0.3, -0.25) is 9.69 Å². The summed E-state index contributed by atoms with van der Waals surface area (Å²) >= 11 is 0. The number of hydrogen-bond acceptors (Lipinski definition) is 8. The first-order valence-corrected chi connectivity index (χ1v) is 18.4. The van der Waals surface area contributed by atoms with Gasteiger partial charge in [-0.05, 0) is 125 Å². The van der Waals surface area contributed by atoms with Crippen molar-refractivity contribution in [1.29, 1.82) is 0 Å². The summed E-state index contributed by atoms with van der Waals surface area (Å²) in [6.07, 6.45) is 13.8. The molecular weight excluding hydrogens is 620 g/mol. The highest BCUT2D eigenvalue weighted by molar-refractivity contribution is 5.94. The van der Waals surface area contributed by atoms with E-state index in [1.54, 1.807) is 19.6 Å². The summed E-state index contributed by atoms with van der Waals surface area (Å²) in [6.45, 7) is 4.07. The number of oxazole rings is 1. The Bertz CT molecular complexity index is 1580. The Kier molecular flexibility index (Phi) is 10.5. The average Bonchev–Trinajstić information content (AvgIpc) is 3.87. The predicted molar refractivity (Wildman–Crippen MR) is 186 cm³/mol. The van der Waals surface area contributed by atoms with Crippen molar-refractivity contribution in [3.8, 4) is 17.0 Å². The number of ether oxygens (including phenoxy) is 3. The van der Waals surface area contributed by atoms with Gasteiger partial charge in [0.05, 0.1) is 7.11 Å². The lowest BCUT2D eigenvalue weighted by Gasteiger charge is -2.36. The van der Waals surface area contributed by atoms with Crippen LogP contribution >= 0.6 is 0 Å². The van der Waals surface area contributed by atoms with E-state index in [1.165, 1.54) is 11.1 Å². The Labute approximate surface area is 289 Å². The molecule has 3 aliphatic carbocycles. The van der Waals surface area contributed by atoms with E-state index in [9.17, 15) is 9.59 Å². The molecule has 2 amide bonds. The van der Waals surface area contributed by atoms with Crippen LogP contribution in [0.1, 0.15) is 106 Å². The zero-order valence-corrected chi connectivity index (χ0v) is 28.9. The summed E-state index contributed by atoms with van der Waals surface area (Å²) in [5.74, 6) is 3.68. The maximum absolute atomic E-state index is 14.4. The van der Waals surface area contributed by atoms with Crippen LogP contribution in [-0.4, -0.2) is 61.0 Å². The fraction of sp³-hybridized carbons (Fsp3) is 0.590. The zero-order valence-electron chi connectivity index (χ0n) is 28.9. The highest BCUT2D eigenvalue weighted by Crippen LogP contribution is 2.41. The van der Waals surface area contributed by atoms with E-state index in [2.05, 4.69) is 30.4 Å². The minimum atomic E-state index is -0.359. The highest BCUT2D eigenvalue weighted by atomic mass is 16.6. The zero-order chi connectivity index (χ0) is 33.7. The van der Waals surface area contributed by atoms with Crippen molar-refractivity contribution in [2.45, 2.75) is 108 Å². The third kappa shape index (κ3) is 8.28. The van der Waals surface area contributed by atoms with E-state index in [0.717, 1.165) is 74.3 Å². The van der Waals surface area contributed by atoms with E-state index >= 15 is 0 Å². The van der Waals surface area contributed by atoms with Gasteiger partial charge in [-0.2, -0.15) is 0 Å². The Hall–Kier alpha value is -3.92. The minimum absolute atomic E-state index is 0.101. The van der Waals surface area contributed by atoms with E-state index in [4.69, 9.17) is 28.6 Å². The Morgan fingerprint density at radius 1 is 0.918 bits per heavy atom. The molecule has 10 heteroatoms. The molecule has 0 bridgehead atoms. The predicted octanol–water partition coefficient (Wildman–Crippen LogP) is 7.70. The molecule has 0 atom stereocenters. The number of nitrogens with zero attached hydrogens (tertiary/aromatic N) is 3. The van der Waals surface area contributed by atoms with Crippen LogP contribution in [0.15, 0.2) is 47.2 Å². The standard InChI is InChI=1S/C39H50N4O6/c1-25-21-30(11-14-35(25)46-2)27-5-3-26(4-6-27)23-43(36-22-31(15-18-40-36)34-24-48-37(42-34)28-7-8-28)38(44)29-9-12-33(13-10-29)49-39(45)41-32-16-19-47-20-17-32/h11,14-15,18,21-22,24,26-29,32-33H,3-10,12-13,16-17,19-20,23H2,1-2H3,(H,41,45). The normalized spacial score (nSPS) is 24.6. The highest BCUT2D eigenvalue weighted by Gasteiger charge is 2.35. The monoisotopic (exact) mass is 670 g/mol. The van der Waals surface area contributed by atoms with Gasteiger partial charge in [-0.15, -0.1) is 0 Å². The molecule has 0 spiro atoms. The van der Waals surface area contributed by atoms with Crippen molar-refractivity contribution in [3.63, 3.8) is 0 Å². The molecule has 262 valence electrons. The Morgan fingerprint density at radius 3 is 2.39 bits per heavy atom. The van der Waals surface area contributed by atoms with Gasteiger partial charge >= 0.3 is 6.09 Å². The lowest BCUT2D eigenvalue weighted by molar-refractivity contribution is -0.124. The fourth-order valence-electron chi connectivity index (χ4n) is 7.89. The van der Waals surface area contributed by atoms with Crippen molar-refractivity contribution in [1.82, 2.24) is 15.3 Å². The first kappa shape index (κ1) is 33.6. The maximum Gasteiger partial charge on any atom is 0.407 e. The molecule has 0 unspecified atom stereocenters. The third-order valence-corrected chi connectivity index (χ3v) is 11.1. The molecule has 10 nitrogen and oxygen atoms in total. The van der Waals surface area contributed by atoms with Gasteiger partial charge in [0.15, 0.2) is 5.89 Å². The number of aryl methyl sites for hydroxylation is 1. The van der Waals surface area contributed by atoms with Gasteiger partial charge in [0, 0.05) is 49.4 Å². The van der Waals surface area contributed by atoms with E-state index in [-0.39, 0.29) is 30.1 Å². The number of methoxy groups -OCH3 is 1. The second-order valence-electron chi connectivity index (χ2n) is 14.6. The van der Waals surface area contributed by atoms with Gasteiger partial charge in [-0.1, -0.05) is 12.1 Å². The summed E-state index contributed by atoms with van der Waals surface area (Å²) in [5, 5.41) is 2.99. The van der Waals surface area contributed by atoms with Crippen molar-refractivity contribution in [2.75, 3.05) is 31.8 Å². The molecule has 4 fully saturated rings. The number of rotatable bonds is 10. The lowest BCUT2D eigenvalue weighted by atomic mass is 9.78. The first-order chi connectivity index (χ1) is 23.9. The molecular formula is C39H50N4O6. The summed E-state index contributed by atoms with van der Waals surface area (Å²) in [6, 6.07) is 10.6. The fourth-order valence-corrected chi connectivity index (χ4v) is 7.89. The van der Waals surface area contributed by atoms with Crippen LogP contribution < -0.4 is 15.0 Å². The molecule has 4 aliphatic rings. The number of nitrogens with one attached hydrogen (secondary N) is 1. The molecule has 49 heavy (non-hydrogen) atoms. The molecule has 1 aliphatic heterocycles. The number of amides is 2. The first-order valence-electron chi connectivity index (χ1n) is 18.4. The molecule has 1 saturated heterocycles. The van der Waals surface area contributed by atoms with Crippen LogP contribution in [0.2, 0.25) is 0 Å². The number of anilines is 1. The summed E-state index contributed by atoms with van der Waals surface area (Å²) in [5.41, 5.74) is 4.23. The van der Waals surface area contributed by atoms with Gasteiger partial charge in [-0.25, -0.2) is 14.8 Å². The summed E-state index contributed by atoms with van der Waals surface area (Å²) < 4.78 is 22.5. The van der Waals surface area contributed by atoms with Gasteiger partial charge in [0.1, 0.15) is 29.6 Å². The van der Waals surface area contributed by atoms with Crippen LogP contribution in [0.25, 0.3) is 11.3 Å². The van der Waals surface area contributed by atoms with Gasteiger partial charge in [0.25, 0.3) is 0 Å². The van der Waals surface area contributed by atoms with Crippen molar-refractivity contribution < 1.29 is 28.2 Å². The quantitative estimate of drug-likeness (QED) is 0.233. The van der Waals surface area contributed by atoms with Crippen LogP contribution in [0.4, 0.5) is 10.6 Å². The van der Waals surface area contributed by atoms with Crippen LogP contribution in [0.3, 0.4) is 0 Å². The smallest absolute Gasteiger partial charge is 0.407 e. The number of aromatic nitrogens is 2. The summed E-state index contributed by atoms with van der Waals surface area (Å²) in [4.78, 5) is 38.4. The third-order valence-electron chi connectivity index (χ3n) is 11.1. The molecule has 3 aromatic rings. The topological polar surface area (TPSA) is 116 Å². The SMILES string of the molecule is COc1ccc(C2CCC(CN(C(=O)C3CCC(OC(=O)NC4CCOCC4)CC3)c3cc(-c4coc(C5CC5)n4)ccn3)CC2)cc1C. The molecule has 1 aromatic carbocycles. The van der Waals surface area contributed by atoms with Gasteiger partial charge < -0.3 is 23.9 Å². The molecule has 3 heterocycles.